The first-order chi connectivity index (χ1) is 14.6. The lowest BCUT2D eigenvalue weighted by Gasteiger charge is -2.16. The molecular formula is C26H44O4. The fourth-order valence-electron chi connectivity index (χ4n) is 3.96. The van der Waals surface area contributed by atoms with E-state index in [2.05, 4.69) is 6.92 Å². The van der Waals surface area contributed by atoms with E-state index in [9.17, 15) is 15.0 Å². The largest absolute Gasteiger partial charge is 0.504 e. The van der Waals surface area contributed by atoms with Crippen LogP contribution in [0.15, 0.2) is 18.2 Å². The zero-order valence-corrected chi connectivity index (χ0v) is 19.3. The smallest absolute Gasteiger partial charge is 0.313 e. The predicted octanol–water partition coefficient (Wildman–Crippen LogP) is 7.62. The van der Waals surface area contributed by atoms with Crippen LogP contribution in [0.2, 0.25) is 0 Å². The lowest BCUT2D eigenvalue weighted by atomic mass is 9.92. The molecule has 4 nitrogen and oxygen atoms in total. The van der Waals surface area contributed by atoms with Crippen molar-refractivity contribution in [2.75, 3.05) is 6.61 Å². The van der Waals surface area contributed by atoms with Crippen LogP contribution in [0.3, 0.4) is 0 Å². The Balaban J connectivity index is 2.16. The third kappa shape index (κ3) is 11.5. The maximum Gasteiger partial charge on any atom is 0.313 e. The van der Waals surface area contributed by atoms with E-state index in [1.165, 1.54) is 89.2 Å². The number of carbonyl (C=O) groups excluding carboxylic acids is 1. The summed E-state index contributed by atoms with van der Waals surface area (Å²) >= 11 is 0. The second kappa shape index (κ2) is 17.0. The summed E-state index contributed by atoms with van der Waals surface area (Å²) in [6, 6.07) is 4.60. The minimum Gasteiger partial charge on any atom is -0.504 e. The van der Waals surface area contributed by atoms with Crippen molar-refractivity contribution in [2.45, 2.75) is 116 Å². The van der Waals surface area contributed by atoms with Gasteiger partial charge in [-0.3, -0.25) is 4.79 Å². The van der Waals surface area contributed by atoms with Gasteiger partial charge in [0.1, 0.15) is 0 Å². The fourth-order valence-corrected chi connectivity index (χ4v) is 3.96. The van der Waals surface area contributed by atoms with Crippen molar-refractivity contribution in [1.82, 2.24) is 0 Å². The quantitative estimate of drug-likeness (QED) is 0.146. The van der Waals surface area contributed by atoms with Gasteiger partial charge in [-0.15, -0.1) is 0 Å². The molecule has 0 saturated carbocycles. The number of phenols is 2. The van der Waals surface area contributed by atoms with E-state index in [1.54, 1.807) is 13.0 Å². The molecule has 0 aliphatic heterocycles. The molecular weight excluding hydrogens is 376 g/mol. The highest BCUT2D eigenvalue weighted by molar-refractivity contribution is 5.78. The molecule has 1 atom stereocenters. The lowest BCUT2D eigenvalue weighted by Crippen LogP contribution is -2.16. The van der Waals surface area contributed by atoms with Crippen molar-refractivity contribution < 1.29 is 19.7 Å². The zero-order valence-electron chi connectivity index (χ0n) is 19.3. The van der Waals surface area contributed by atoms with Gasteiger partial charge in [0.15, 0.2) is 11.5 Å². The maximum absolute atomic E-state index is 12.3. The van der Waals surface area contributed by atoms with Crippen LogP contribution in [-0.2, 0) is 9.53 Å². The Kier molecular flexibility index (Phi) is 14.9. The summed E-state index contributed by atoms with van der Waals surface area (Å²) in [5, 5.41) is 19.3. The SMILES string of the molecule is CCCCCCCCCCCCCCCCC(C(=O)OCC)c1ccc(O)c(O)c1. The third-order valence-corrected chi connectivity index (χ3v) is 5.82. The molecule has 0 saturated heterocycles. The predicted molar refractivity (Wildman–Crippen MR) is 124 cm³/mol. The van der Waals surface area contributed by atoms with Gasteiger partial charge in [0.05, 0.1) is 12.5 Å². The minimum atomic E-state index is -0.381. The Labute approximate surface area is 184 Å². The van der Waals surface area contributed by atoms with E-state index < -0.39 is 0 Å². The molecule has 0 spiro atoms. The summed E-state index contributed by atoms with van der Waals surface area (Å²) in [5.74, 6) is -0.994. The maximum atomic E-state index is 12.3. The van der Waals surface area contributed by atoms with E-state index in [-0.39, 0.29) is 23.4 Å². The molecule has 4 heteroatoms. The van der Waals surface area contributed by atoms with Crippen LogP contribution in [0, 0.1) is 0 Å². The van der Waals surface area contributed by atoms with Crippen molar-refractivity contribution >= 4 is 5.97 Å². The zero-order chi connectivity index (χ0) is 22.0. The van der Waals surface area contributed by atoms with Crippen LogP contribution in [0.1, 0.15) is 122 Å². The number of phenolic OH excluding ortho intramolecular Hbond substituents is 2. The second-order valence-electron chi connectivity index (χ2n) is 8.44. The molecule has 1 rings (SSSR count). The van der Waals surface area contributed by atoms with Gasteiger partial charge in [-0.2, -0.15) is 0 Å². The Hall–Kier alpha value is -1.71. The molecule has 0 aliphatic carbocycles. The minimum absolute atomic E-state index is 0.169. The number of esters is 1. The van der Waals surface area contributed by atoms with Crippen LogP contribution in [-0.4, -0.2) is 22.8 Å². The van der Waals surface area contributed by atoms with Gasteiger partial charge in [-0.1, -0.05) is 103 Å². The van der Waals surface area contributed by atoms with Crippen LogP contribution in [0.4, 0.5) is 0 Å². The molecule has 0 radical (unpaired) electrons. The number of rotatable bonds is 18. The summed E-state index contributed by atoms with van der Waals surface area (Å²) in [6.45, 7) is 4.41. The monoisotopic (exact) mass is 420 g/mol. The van der Waals surface area contributed by atoms with Crippen molar-refractivity contribution in [3.63, 3.8) is 0 Å². The first-order valence-electron chi connectivity index (χ1n) is 12.3. The number of benzene rings is 1. The summed E-state index contributed by atoms with van der Waals surface area (Å²) in [5.41, 5.74) is 0.707. The normalized spacial score (nSPS) is 12.1. The Bertz CT molecular complexity index is 570. The van der Waals surface area contributed by atoms with Crippen LogP contribution in [0.5, 0.6) is 11.5 Å². The average Bonchev–Trinajstić information content (AvgIpc) is 2.73. The molecule has 1 aromatic rings. The molecule has 0 aromatic heterocycles. The molecule has 0 heterocycles. The number of hydrogen-bond acceptors (Lipinski definition) is 4. The van der Waals surface area contributed by atoms with E-state index in [4.69, 9.17) is 4.74 Å². The lowest BCUT2D eigenvalue weighted by molar-refractivity contribution is -0.145. The van der Waals surface area contributed by atoms with Crippen LogP contribution >= 0.6 is 0 Å². The molecule has 0 fully saturated rings. The highest BCUT2D eigenvalue weighted by Gasteiger charge is 2.22. The molecule has 2 N–H and O–H groups in total. The third-order valence-electron chi connectivity index (χ3n) is 5.82. The summed E-state index contributed by atoms with van der Waals surface area (Å²) < 4.78 is 5.22. The van der Waals surface area contributed by atoms with E-state index in [0.717, 1.165) is 12.8 Å². The summed E-state index contributed by atoms with van der Waals surface area (Å²) in [7, 11) is 0. The van der Waals surface area contributed by atoms with Crippen molar-refractivity contribution in [2.24, 2.45) is 0 Å². The number of ether oxygens (including phenoxy) is 1. The van der Waals surface area contributed by atoms with Gasteiger partial charge in [-0.25, -0.2) is 0 Å². The van der Waals surface area contributed by atoms with Gasteiger partial charge in [0.25, 0.3) is 0 Å². The molecule has 0 bridgehead atoms. The molecule has 1 aromatic carbocycles. The number of unbranched alkanes of at least 4 members (excludes halogenated alkanes) is 13. The Morgan fingerprint density at radius 1 is 0.767 bits per heavy atom. The molecule has 172 valence electrons. The number of hydrogen-bond donors (Lipinski definition) is 2. The Morgan fingerprint density at radius 3 is 1.73 bits per heavy atom. The summed E-state index contributed by atoms with van der Waals surface area (Å²) in [4.78, 5) is 12.3. The van der Waals surface area contributed by atoms with Gasteiger partial charge < -0.3 is 14.9 Å². The average molecular weight is 421 g/mol. The van der Waals surface area contributed by atoms with Crippen molar-refractivity contribution in [3.05, 3.63) is 23.8 Å². The highest BCUT2D eigenvalue weighted by Crippen LogP contribution is 2.32. The Morgan fingerprint density at radius 2 is 1.27 bits per heavy atom. The van der Waals surface area contributed by atoms with Crippen LogP contribution < -0.4 is 0 Å². The molecule has 30 heavy (non-hydrogen) atoms. The summed E-state index contributed by atoms with van der Waals surface area (Å²) in [6.07, 6.45) is 19.0. The second-order valence-corrected chi connectivity index (χ2v) is 8.44. The van der Waals surface area contributed by atoms with Gasteiger partial charge >= 0.3 is 5.97 Å². The van der Waals surface area contributed by atoms with Crippen LogP contribution in [0.25, 0.3) is 0 Å². The number of carbonyl (C=O) groups is 1. The topological polar surface area (TPSA) is 66.8 Å². The number of aromatic hydroxyl groups is 2. The van der Waals surface area contributed by atoms with Crippen molar-refractivity contribution in [3.8, 4) is 11.5 Å². The van der Waals surface area contributed by atoms with Gasteiger partial charge in [0, 0.05) is 0 Å². The highest BCUT2D eigenvalue weighted by atomic mass is 16.5. The first kappa shape index (κ1) is 26.3. The van der Waals surface area contributed by atoms with E-state index >= 15 is 0 Å². The van der Waals surface area contributed by atoms with E-state index in [0.29, 0.717) is 18.6 Å². The van der Waals surface area contributed by atoms with E-state index in [1.807, 2.05) is 0 Å². The first-order valence-corrected chi connectivity index (χ1v) is 12.3. The van der Waals surface area contributed by atoms with Crippen molar-refractivity contribution in [1.29, 1.82) is 0 Å². The van der Waals surface area contributed by atoms with Gasteiger partial charge in [-0.05, 0) is 31.0 Å². The molecule has 0 amide bonds. The molecule has 0 aliphatic rings. The fraction of sp³-hybridized carbons (Fsp3) is 0.731. The standard InChI is InChI=1S/C26H44O4/c1-3-5-6-7-8-9-10-11-12-13-14-15-16-17-18-23(26(29)30-4-2)22-19-20-24(27)25(28)21-22/h19-21,23,27-28H,3-18H2,1-2H3. The van der Waals surface area contributed by atoms with Gasteiger partial charge in [0.2, 0.25) is 0 Å². The molecule has 1 unspecified atom stereocenters.